The second-order valence-electron chi connectivity index (χ2n) is 4.36. The van der Waals surface area contributed by atoms with Crippen LogP contribution in [0.25, 0.3) is 0 Å². The highest BCUT2D eigenvalue weighted by Gasteiger charge is 2.19. The molecular formula is C14H20Br2O. The Balaban J connectivity index is 3.19. The first kappa shape index (κ1) is 15.0. The lowest BCUT2D eigenvalue weighted by atomic mass is 9.98. The van der Waals surface area contributed by atoms with Crippen molar-refractivity contribution in [3.05, 3.63) is 27.2 Å². The van der Waals surface area contributed by atoms with Crippen LogP contribution in [-0.2, 0) is 0 Å². The molecule has 1 unspecified atom stereocenters. The van der Waals surface area contributed by atoms with Crippen LogP contribution in [-0.4, -0.2) is 7.11 Å². The number of methoxy groups -OCH3 is 1. The zero-order valence-corrected chi connectivity index (χ0v) is 14.1. The topological polar surface area (TPSA) is 9.23 Å². The number of alkyl halides is 1. The summed E-state index contributed by atoms with van der Waals surface area (Å²) in [4.78, 5) is 0.369. The summed E-state index contributed by atoms with van der Waals surface area (Å²) in [7, 11) is 1.75. The second-order valence-corrected chi connectivity index (χ2v) is 6.32. The van der Waals surface area contributed by atoms with Gasteiger partial charge in [-0.3, -0.25) is 0 Å². The molecule has 0 radical (unpaired) electrons. The molecule has 0 aliphatic carbocycles. The van der Waals surface area contributed by atoms with Gasteiger partial charge in [-0.2, -0.15) is 0 Å². The smallest absolute Gasteiger partial charge is 0.126 e. The molecule has 0 aliphatic heterocycles. The third kappa shape index (κ3) is 3.47. The molecule has 0 bridgehead atoms. The summed E-state index contributed by atoms with van der Waals surface area (Å²) < 4.78 is 6.72. The summed E-state index contributed by atoms with van der Waals surface area (Å²) in [6.45, 7) is 6.45. The molecule has 1 atom stereocenters. The number of benzene rings is 1. The predicted octanol–water partition coefficient (Wildman–Crippen LogP) is 5.70. The molecule has 0 saturated carbocycles. The third-order valence-corrected chi connectivity index (χ3v) is 4.78. The van der Waals surface area contributed by atoms with Crippen molar-refractivity contribution in [1.29, 1.82) is 0 Å². The van der Waals surface area contributed by atoms with Gasteiger partial charge in [-0.15, -0.1) is 0 Å². The first-order chi connectivity index (χ1) is 8.02. The number of hydrogen-bond donors (Lipinski definition) is 0. The van der Waals surface area contributed by atoms with Crippen molar-refractivity contribution in [3.8, 4) is 5.75 Å². The van der Waals surface area contributed by atoms with E-state index < -0.39 is 0 Å². The van der Waals surface area contributed by atoms with Gasteiger partial charge in [0.25, 0.3) is 0 Å². The van der Waals surface area contributed by atoms with E-state index in [1.54, 1.807) is 7.11 Å². The molecular weight excluding hydrogens is 344 g/mol. The molecule has 0 aliphatic rings. The van der Waals surface area contributed by atoms with Crippen molar-refractivity contribution in [1.82, 2.24) is 0 Å². The average Bonchev–Trinajstić information content (AvgIpc) is 2.30. The molecule has 3 heteroatoms. The first-order valence-corrected chi connectivity index (χ1v) is 7.71. The summed E-state index contributed by atoms with van der Waals surface area (Å²) in [5, 5.41) is 0. The van der Waals surface area contributed by atoms with Crippen LogP contribution in [0.4, 0.5) is 0 Å². The van der Waals surface area contributed by atoms with Crippen LogP contribution in [0.2, 0.25) is 0 Å². The van der Waals surface area contributed by atoms with Gasteiger partial charge >= 0.3 is 0 Å². The van der Waals surface area contributed by atoms with Crippen LogP contribution < -0.4 is 4.74 Å². The molecule has 17 heavy (non-hydrogen) atoms. The Morgan fingerprint density at radius 3 is 2.53 bits per heavy atom. The van der Waals surface area contributed by atoms with E-state index in [0.29, 0.717) is 4.83 Å². The van der Waals surface area contributed by atoms with E-state index >= 15 is 0 Å². The Bertz CT molecular complexity index is 388. The minimum absolute atomic E-state index is 0.369. The summed E-state index contributed by atoms with van der Waals surface area (Å²) >= 11 is 7.42. The number of unbranched alkanes of at least 4 members (excludes halogenated alkanes) is 1. The second kappa shape index (κ2) is 6.79. The van der Waals surface area contributed by atoms with Crippen LogP contribution in [0.3, 0.4) is 0 Å². The maximum Gasteiger partial charge on any atom is 0.126 e. The van der Waals surface area contributed by atoms with E-state index in [9.17, 15) is 0 Å². The largest absolute Gasteiger partial charge is 0.496 e. The molecule has 1 rings (SSSR count). The minimum atomic E-state index is 0.369. The van der Waals surface area contributed by atoms with E-state index in [4.69, 9.17) is 4.74 Å². The first-order valence-electron chi connectivity index (χ1n) is 6.00. The molecule has 0 saturated heterocycles. The van der Waals surface area contributed by atoms with Gasteiger partial charge in [0, 0.05) is 14.9 Å². The summed E-state index contributed by atoms with van der Waals surface area (Å²) in [5.74, 6) is 1.02. The lowest BCUT2D eigenvalue weighted by molar-refractivity contribution is 0.405. The maximum absolute atomic E-state index is 5.56. The van der Waals surface area contributed by atoms with Crippen molar-refractivity contribution in [2.24, 2.45) is 0 Å². The fourth-order valence-corrected chi connectivity index (χ4v) is 3.48. The highest BCUT2D eigenvalue weighted by Crippen LogP contribution is 2.41. The molecule has 0 amide bonds. The lowest BCUT2D eigenvalue weighted by Crippen LogP contribution is -2.01. The number of hydrogen-bond acceptors (Lipinski definition) is 1. The predicted molar refractivity (Wildman–Crippen MR) is 81.4 cm³/mol. The normalized spacial score (nSPS) is 12.6. The summed E-state index contributed by atoms with van der Waals surface area (Å²) in [6.07, 6.45) is 3.59. The van der Waals surface area contributed by atoms with Crippen LogP contribution in [0.5, 0.6) is 5.75 Å². The summed E-state index contributed by atoms with van der Waals surface area (Å²) in [6, 6.07) is 2.12. The van der Waals surface area contributed by atoms with Gasteiger partial charge in [0.2, 0.25) is 0 Å². The zero-order valence-electron chi connectivity index (χ0n) is 10.9. The SMILES string of the molecule is CCCCC(Br)c1c(C)c(Br)cc(C)c1OC. The Labute approximate surface area is 121 Å². The average molecular weight is 364 g/mol. The maximum atomic E-state index is 5.56. The Hall–Kier alpha value is -0.0200. The van der Waals surface area contributed by atoms with Gasteiger partial charge in [0.15, 0.2) is 0 Å². The van der Waals surface area contributed by atoms with Gasteiger partial charge < -0.3 is 4.74 Å². The van der Waals surface area contributed by atoms with Crippen LogP contribution in [0.1, 0.15) is 47.7 Å². The van der Waals surface area contributed by atoms with Crippen LogP contribution in [0.15, 0.2) is 10.5 Å². The van der Waals surface area contributed by atoms with Gasteiger partial charge in [0.1, 0.15) is 5.75 Å². The fourth-order valence-electron chi connectivity index (χ4n) is 2.05. The number of halogens is 2. The lowest BCUT2D eigenvalue weighted by Gasteiger charge is -2.20. The van der Waals surface area contributed by atoms with Gasteiger partial charge in [-0.1, -0.05) is 51.6 Å². The highest BCUT2D eigenvalue weighted by atomic mass is 79.9. The van der Waals surface area contributed by atoms with Crippen molar-refractivity contribution in [2.75, 3.05) is 7.11 Å². The minimum Gasteiger partial charge on any atom is -0.496 e. The van der Waals surface area contributed by atoms with Crippen LogP contribution in [0, 0.1) is 13.8 Å². The third-order valence-electron chi connectivity index (χ3n) is 3.04. The fraction of sp³-hybridized carbons (Fsp3) is 0.571. The van der Waals surface area contributed by atoms with E-state index in [2.05, 4.69) is 58.7 Å². The zero-order chi connectivity index (χ0) is 13.0. The van der Waals surface area contributed by atoms with E-state index in [1.165, 1.54) is 29.5 Å². The summed E-state index contributed by atoms with van der Waals surface area (Å²) in [5.41, 5.74) is 3.74. The standard InChI is InChI=1S/C14H20Br2O/c1-5-6-7-11(15)13-10(3)12(16)8-9(2)14(13)17-4/h8,11H,5-7H2,1-4H3. The van der Waals surface area contributed by atoms with Gasteiger partial charge in [0.05, 0.1) is 7.11 Å². The van der Waals surface area contributed by atoms with Crippen molar-refractivity contribution in [3.63, 3.8) is 0 Å². The molecule has 96 valence electrons. The molecule has 0 N–H and O–H groups in total. The van der Waals surface area contributed by atoms with E-state index in [0.717, 1.165) is 16.6 Å². The number of rotatable bonds is 5. The molecule has 1 nitrogen and oxygen atoms in total. The molecule has 0 fully saturated rings. The van der Waals surface area contributed by atoms with Crippen molar-refractivity contribution >= 4 is 31.9 Å². The molecule has 1 aromatic rings. The monoisotopic (exact) mass is 362 g/mol. The molecule has 0 spiro atoms. The Morgan fingerprint density at radius 1 is 1.35 bits per heavy atom. The highest BCUT2D eigenvalue weighted by molar-refractivity contribution is 9.10. The number of aryl methyl sites for hydroxylation is 1. The molecule has 0 heterocycles. The Kier molecular flexibility index (Phi) is 6.01. The van der Waals surface area contributed by atoms with Crippen LogP contribution >= 0.6 is 31.9 Å². The molecule has 1 aromatic carbocycles. The van der Waals surface area contributed by atoms with Gasteiger partial charge in [-0.05, 0) is 37.5 Å². The van der Waals surface area contributed by atoms with Crippen molar-refractivity contribution in [2.45, 2.75) is 44.9 Å². The van der Waals surface area contributed by atoms with Crippen molar-refractivity contribution < 1.29 is 4.74 Å². The van der Waals surface area contributed by atoms with E-state index in [-0.39, 0.29) is 0 Å². The Morgan fingerprint density at radius 2 is 2.00 bits per heavy atom. The number of ether oxygens (including phenoxy) is 1. The quantitative estimate of drug-likeness (QED) is 0.609. The van der Waals surface area contributed by atoms with Gasteiger partial charge in [-0.25, -0.2) is 0 Å². The molecule has 0 aromatic heterocycles. The van der Waals surface area contributed by atoms with E-state index in [1.807, 2.05) is 0 Å².